The van der Waals surface area contributed by atoms with E-state index in [1.807, 2.05) is 24.3 Å². The molecule has 8 nitrogen and oxygen atoms in total. The van der Waals surface area contributed by atoms with Crippen molar-refractivity contribution >= 4 is 17.6 Å². The van der Waals surface area contributed by atoms with Crippen LogP contribution in [-0.4, -0.2) is 39.9 Å². The van der Waals surface area contributed by atoms with Crippen LogP contribution in [0.3, 0.4) is 0 Å². The van der Waals surface area contributed by atoms with Crippen LogP contribution in [0.15, 0.2) is 48.5 Å². The van der Waals surface area contributed by atoms with Crippen LogP contribution in [0.25, 0.3) is 11.1 Å². The summed E-state index contributed by atoms with van der Waals surface area (Å²) in [5.74, 6) is 2.51. The fourth-order valence-electron chi connectivity index (χ4n) is 3.88. The van der Waals surface area contributed by atoms with E-state index in [0.717, 1.165) is 48.5 Å². The average Bonchev–Trinajstić information content (AvgIpc) is 2.88. The molecule has 1 heterocycles. The Hall–Kier alpha value is -3.81. The van der Waals surface area contributed by atoms with E-state index in [1.54, 1.807) is 0 Å². The van der Waals surface area contributed by atoms with Crippen molar-refractivity contribution in [2.45, 2.75) is 72.1 Å². The molecule has 1 amide bonds. The molecule has 0 saturated carbocycles. The highest BCUT2D eigenvalue weighted by Gasteiger charge is 2.10. The number of ether oxygens (including phenoxy) is 2. The maximum absolute atomic E-state index is 11.5. The van der Waals surface area contributed by atoms with Crippen LogP contribution in [0.1, 0.15) is 70.9 Å². The van der Waals surface area contributed by atoms with Crippen molar-refractivity contribution in [2.24, 2.45) is 0 Å². The Morgan fingerprint density at radius 1 is 0.711 bits per heavy atom. The molecular weight excluding hydrogens is 480 g/mol. The van der Waals surface area contributed by atoms with Crippen LogP contribution < -0.4 is 14.8 Å². The number of unbranched alkanes of at least 4 members (excludes halogenated alkanes) is 4. The van der Waals surface area contributed by atoms with Gasteiger partial charge >= 0.3 is 0 Å². The van der Waals surface area contributed by atoms with Gasteiger partial charge in [0.15, 0.2) is 0 Å². The van der Waals surface area contributed by atoms with E-state index >= 15 is 0 Å². The standard InChI is InChI=1S/C30H38N4O4/c1-4-5-6-8-19-37-26-15-11-24(12-16-26)25-13-17-27(18-14-25)38-20-9-7-10-28-32-29(21-22(2)35)34-30(33-28)31-23(3)36/h11-18H,4-10,19-21H2,1-3H3,(H,31,32,33,34,36). The number of aryl methyl sites for hydroxylation is 1. The minimum absolute atomic E-state index is 0.0467. The molecule has 0 fully saturated rings. The van der Waals surface area contributed by atoms with E-state index in [4.69, 9.17) is 9.47 Å². The van der Waals surface area contributed by atoms with Crippen molar-refractivity contribution in [3.05, 3.63) is 60.2 Å². The van der Waals surface area contributed by atoms with Crippen LogP contribution in [0, 0.1) is 0 Å². The molecule has 38 heavy (non-hydrogen) atoms. The second kappa shape index (κ2) is 15.4. The second-order valence-electron chi connectivity index (χ2n) is 9.31. The minimum atomic E-state index is -0.269. The normalized spacial score (nSPS) is 10.7. The zero-order chi connectivity index (χ0) is 27.2. The number of Topliss-reactive ketones (excluding diaryl/α,β-unsaturated/α-hetero) is 1. The summed E-state index contributed by atoms with van der Waals surface area (Å²) >= 11 is 0. The van der Waals surface area contributed by atoms with Gasteiger partial charge in [-0.15, -0.1) is 0 Å². The summed E-state index contributed by atoms with van der Waals surface area (Å²) in [6.07, 6.45) is 7.11. The van der Waals surface area contributed by atoms with Gasteiger partial charge < -0.3 is 9.47 Å². The van der Waals surface area contributed by atoms with Gasteiger partial charge in [-0.25, -0.2) is 4.98 Å². The summed E-state index contributed by atoms with van der Waals surface area (Å²) in [4.78, 5) is 35.6. The topological polar surface area (TPSA) is 103 Å². The lowest BCUT2D eigenvalue weighted by Gasteiger charge is -2.09. The van der Waals surface area contributed by atoms with Crippen LogP contribution in [0.2, 0.25) is 0 Å². The third kappa shape index (κ3) is 10.3. The Labute approximate surface area is 225 Å². The first-order valence-electron chi connectivity index (χ1n) is 13.4. The van der Waals surface area contributed by atoms with Crippen LogP contribution in [-0.2, 0) is 22.4 Å². The number of hydrogen-bond donors (Lipinski definition) is 1. The van der Waals surface area contributed by atoms with Crippen molar-refractivity contribution in [3.8, 4) is 22.6 Å². The number of amides is 1. The summed E-state index contributed by atoms with van der Waals surface area (Å²) in [7, 11) is 0. The first-order valence-corrected chi connectivity index (χ1v) is 13.4. The molecule has 2 aromatic carbocycles. The van der Waals surface area contributed by atoms with E-state index in [-0.39, 0.29) is 24.1 Å². The molecule has 0 radical (unpaired) electrons. The SMILES string of the molecule is CCCCCCOc1ccc(-c2ccc(OCCCCc3nc(CC(C)=O)nc(NC(C)=O)n3)cc2)cc1. The van der Waals surface area contributed by atoms with Crippen molar-refractivity contribution < 1.29 is 19.1 Å². The summed E-state index contributed by atoms with van der Waals surface area (Å²) in [5.41, 5.74) is 2.26. The summed E-state index contributed by atoms with van der Waals surface area (Å²) < 4.78 is 11.7. The van der Waals surface area contributed by atoms with Gasteiger partial charge in [-0.3, -0.25) is 14.9 Å². The number of ketones is 1. The van der Waals surface area contributed by atoms with E-state index in [0.29, 0.717) is 24.7 Å². The summed E-state index contributed by atoms with van der Waals surface area (Å²) in [5, 5.41) is 2.57. The number of carbonyl (C=O) groups excluding carboxylic acids is 2. The number of nitrogens with zero attached hydrogens (tertiary/aromatic N) is 3. The monoisotopic (exact) mass is 518 g/mol. The van der Waals surface area contributed by atoms with Crippen molar-refractivity contribution in [2.75, 3.05) is 18.5 Å². The van der Waals surface area contributed by atoms with Gasteiger partial charge in [0, 0.05) is 13.3 Å². The Bertz CT molecular complexity index is 1130. The highest BCUT2D eigenvalue weighted by Crippen LogP contribution is 2.25. The molecule has 0 bridgehead atoms. The second-order valence-corrected chi connectivity index (χ2v) is 9.31. The lowest BCUT2D eigenvalue weighted by atomic mass is 10.1. The number of benzene rings is 2. The predicted octanol–water partition coefficient (Wildman–Crippen LogP) is 5.99. The number of hydrogen-bond acceptors (Lipinski definition) is 7. The number of rotatable bonds is 16. The van der Waals surface area contributed by atoms with Crippen LogP contribution >= 0.6 is 0 Å². The molecule has 0 saturated heterocycles. The number of aromatic nitrogens is 3. The predicted molar refractivity (Wildman–Crippen MR) is 148 cm³/mol. The Morgan fingerprint density at radius 2 is 1.26 bits per heavy atom. The van der Waals surface area contributed by atoms with Gasteiger partial charge in [0.1, 0.15) is 28.9 Å². The van der Waals surface area contributed by atoms with Gasteiger partial charge in [0.05, 0.1) is 19.6 Å². The highest BCUT2D eigenvalue weighted by molar-refractivity contribution is 5.86. The van der Waals surface area contributed by atoms with Gasteiger partial charge in [0.2, 0.25) is 11.9 Å². The minimum Gasteiger partial charge on any atom is -0.494 e. The molecule has 0 aliphatic rings. The fraction of sp³-hybridized carbons (Fsp3) is 0.433. The molecule has 0 aliphatic carbocycles. The Kier molecular flexibility index (Phi) is 11.7. The Morgan fingerprint density at radius 3 is 1.79 bits per heavy atom. The number of anilines is 1. The number of carbonyl (C=O) groups is 2. The van der Waals surface area contributed by atoms with E-state index in [1.165, 1.54) is 33.1 Å². The third-order valence-electron chi connectivity index (χ3n) is 5.79. The van der Waals surface area contributed by atoms with Gasteiger partial charge in [-0.05, 0) is 61.6 Å². The molecule has 202 valence electrons. The molecule has 8 heteroatoms. The smallest absolute Gasteiger partial charge is 0.232 e. The maximum atomic E-state index is 11.5. The first kappa shape index (κ1) is 28.8. The largest absolute Gasteiger partial charge is 0.494 e. The van der Waals surface area contributed by atoms with Crippen LogP contribution in [0.4, 0.5) is 5.95 Å². The van der Waals surface area contributed by atoms with E-state index in [2.05, 4.69) is 51.5 Å². The Balaban J connectivity index is 1.43. The first-order chi connectivity index (χ1) is 18.4. The average molecular weight is 519 g/mol. The summed E-state index contributed by atoms with van der Waals surface area (Å²) in [6.45, 7) is 6.40. The molecule has 1 N–H and O–H groups in total. The van der Waals surface area contributed by atoms with Gasteiger partial charge in [-0.1, -0.05) is 50.5 Å². The highest BCUT2D eigenvalue weighted by atomic mass is 16.5. The van der Waals surface area contributed by atoms with Crippen molar-refractivity contribution in [3.63, 3.8) is 0 Å². The van der Waals surface area contributed by atoms with Crippen molar-refractivity contribution in [1.82, 2.24) is 15.0 Å². The molecular formula is C30H38N4O4. The van der Waals surface area contributed by atoms with Gasteiger partial charge in [-0.2, -0.15) is 9.97 Å². The van der Waals surface area contributed by atoms with Crippen molar-refractivity contribution in [1.29, 1.82) is 0 Å². The van der Waals surface area contributed by atoms with E-state index in [9.17, 15) is 9.59 Å². The molecule has 0 unspecified atom stereocenters. The molecule has 0 aliphatic heterocycles. The quantitative estimate of drug-likeness (QED) is 0.232. The maximum Gasteiger partial charge on any atom is 0.232 e. The van der Waals surface area contributed by atoms with Crippen LogP contribution in [0.5, 0.6) is 11.5 Å². The number of nitrogens with one attached hydrogen (secondary N) is 1. The zero-order valence-electron chi connectivity index (χ0n) is 22.7. The van der Waals surface area contributed by atoms with Gasteiger partial charge in [0.25, 0.3) is 0 Å². The molecule has 3 aromatic rings. The van der Waals surface area contributed by atoms with E-state index < -0.39 is 0 Å². The molecule has 3 rings (SSSR count). The molecule has 0 atom stereocenters. The molecule has 0 spiro atoms. The fourth-order valence-corrected chi connectivity index (χ4v) is 3.88. The molecule has 1 aromatic heterocycles. The summed E-state index contributed by atoms with van der Waals surface area (Å²) in [6, 6.07) is 16.3. The lowest BCUT2D eigenvalue weighted by molar-refractivity contribution is -0.116. The third-order valence-corrected chi connectivity index (χ3v) is 5.79. The lowest BCUT2D eigenvalue weighted by Crippen LogP contribution is -2.15. The zero-order valence-corrected chi connectivity index (χ0v) is 22.7.